The van der Waals surface area contributed by atoms with E-state index in [1.165, 1.54) is 4.68 Å². The molecule has 8 nitrogen and oxygen atoms in total. The maximum absolute atomic E-state index is 11.4. The van der Waals surface area contributed by atoms with Crippen LogP contribution in [0.1, 0.15) is 22.0 Å². The lowest BCUT2D eigenvalue weighted by Gasteiger charge is -2.13. The summed E-state index contributed by atoms with van der Waals surface area (Å²) in [5, 5.41) is 22.7. The van der Waals surface area contributed by atoms with Crippen molar-refractivity contribution in [1.29, 1.82) is 0 Å². The Morgan fingerprint density at radius 2 is 2.00 bits per heavy atom. The number of aromatic nitrogens is 2. The summed E-state index contributed by atoms with van der Waals surface area (Å²) in [4.78, 5) is 23.8. The zero-order valence-electron chi connectivity index (χ0n) is 12.4. The Hall–Kier alpha value is -2.39. The molecule has 2 aromatic rings. The third-order valence-electron chi connectivity index (χ3n) is 3.70. The Balaban J connectivity index is 1.78. The first-order valence-electron chi connectivity index (χ1n) is 7.12. The molecule has 0 saturated heterocycles. The predicted molar refractivity (Wildman–Crippen MR) is 87.4 cm³/mol. The van der Waals surface area contributed by atoms with E-state index in [0.29, 0.717) is 6.61 Å². The summed E-state index contributed by atoms with van der Waals surface area (Å²) < 4.78 is 7.15. The topological polar surface area (TPSA) is 105 Å². The third kappa shape index (κ3) is 3.00. The largest absolute Gasteiger partial charge is 0.477 e. The summed E-state index contributed by atoms with van der Waals surface area (Å²) in [6.07, 6.45) is -1.23. The molecule has 0 bridgehead atoms. The number of anilines is 1. The highest BCUT2D eigenvalue weighted by molar-refractivity contribution is 9.10. The van der Waals surface area contributed by atoms with Gasteiger partial charge in [0.25, 0.3) is 0 Å². The van der Waals surface area contributed by atoms with Crippen LogP contribution in [-0.2, 0) is 11.3 Å². The predicted octanol–water partition coefficient (Wildman–Crippen LogP) is 2.60. The van der Waals surface area contributed by atoms with Gasteiger partial charge in [-0.25, -0.2) is 14.3 Å². The molecule has 0 saturated carbocycles. The van der Waals surface area contributed by atoms with Crippen LogP contribution < -0.4 is 4.90 Å². The Morgan fingerprint density at radius 1 is 1.29 bits per heavy atom. The number of nitrogens with zero attached hydrogens (tertiary/aromatic N) is 3. The van der Waals surface area contributed by atoms with Gasteiger partial charge in [-0.2, -0.15) is 5.10 Å². The molecular formula is C15H14BrN3O5. The first-order valence-corrected chi connectivity index (χ1v) is 7.91. The van der Waals surface area contributed by atoms with E-state index in [2.05, 4.69) is 21.0 Å². The number of hydrogen-bond donors (Lipinski definition) is 2. The van der Waals surface area contributed by atoms with Crippen LogP contribution >= 0.6 is 15.9 Å². The molecule has 1 aromatic carbocycles. The van der Waals surface area contributed by atoms with Crippen molar-refractivity contribution in [2.24, 2.45) is 0 Å². The summed E-state index contributed by atoms with van der Waals surface area (Å²) in [6, 6.07) is 9.19. The number of halogens is 1. The molecule has 3 rings (SSSR count). The zero-order chi connectivity index (χ0) is 17.3. The monoisotopic (exact) mass is 395 g/mol. The van der Waals surface area contributed by atoms with Crippen molar-refractivity contribution in [2.45, 2.75) is 12.6 Å². The minimum absolute atomic E-state index is 0.0511. The van der Waals surface area contributed by atoms with Gasteiger partial charge >= 0.3 is 12.1 Å². The van der Waals surface area contributed by atoms with E-state index < -0.39 is 12.1 Å². The zero-order valence-corrected chi connectivity index (χ0v) is 14.0. The van der Waals surface area contributed by atoms with Gasteiger partial charge in [0.15, 0.2) is 5.82 Å². The standard InChI is InChI=1S/C15H14BrN3O5/c16-12-11(14(20)21)13-18(15(22)23)6-10(19(13)17-12)8-24-7-9-4-2-1-3-5-9/h1-5,10H,6-8H2,(H,20,21)(H,22,23)/t10-/m0/s1. The molecule has 2 heterocycles. The lowest BCUT2D eigenvalue weighted by atomic mass is 10.2. The number of hydrogen-bond acceptors (Lipinski definition) is 4. The highest BCUT2D eigenvalue weighted by Gasteiger charge is 2.39. The molecule has 0 spiro atoms. The lowest BCUT2D eigenvalue weighted by molar-refractivity contribution is 0.0696. The highest BCUT2D eigenvalue weighted by Crippen LogP contribution is 2.36. The number of benzene rings is 1. The van der Waals surface area contributed by atoms with Gasteiger partial charge in [-0.3, -0.25) is 4.90 Å². The molecule has 126 valence electrons. The van der Waals surface area contributed by atoms with E-state index in [1.807, 2.05) is 30.3 Å². The maximum atomic E-state index is 11.4. The Kier molecular flexibility index (Phi) is 4.54. The molecule has 24 heavy (non-hydrogen) atoms. The number of carboxylic acid groups (broad SMARTS) is 2. The summed E-state index contributed by atoms with van der Waals surface area (Å²) in [7, 11) is 0. The molecule has 9 heteroatoms. The molecule has 1 aromatic heterocycles. The number of fused-ring (bicyclic) bond motifs is 1. The minimum Gasteiger partial charge on any atom is -0.477 e. The quantitative estimate of drug-likeness (QED) is 0.805. The number of carbonyl (C=O) groups is 2. The Labute approximate surface area is 145 Å². The van der Waals surface area contributed by atoms with Gasteiger partial charge in [-0.1, -0.05) is 30.3 Å². The van der Waals surface area contributed by atoms with Crippen LogP contribution in [0.3, 0.4) is 0 Å². The van der Waals surface area contributed by atoms with Crippen molar-refractivity contribution in [3.8, 4) is 0 Å². The molecule has 0 aliphatic carbocycles. The number of rotatable bonds is 5. The Morgan fingerprint density at radius 3 is 2.62 bits per heavy atom. The van der Waals surface area contributed by atoms with Crippen LogP contribution in [0, 0.1) is 0 Å². The van der Waals surface area contributed by atoms with E-state index in [4.69, 9.17) is 4.74 Å². The minimum atomic E-state index is -1.24. The van der Waals surface area contributed by atoms with Gasteiger partial charge in [0, 0.05) is 0 Å². The van der Waals surface area contributed by atoms with Crippen LogP contribution in [0.25, 0.3) is 0 Å². The fourth-order valence-corrected chi connectivity index (χ4v) is 3.17. The molecule has 0 fully saturated rings. The van der Waals surface area contributed by atoms with Crippen LogP contribution in [0.15, 0.2) is 34.9 Å². The van der Waals surface area contributed by atoms with Gasteiger partial charge in [0.1, 0.15) is 10.2 Å². The second-order valence-corrected chi connectivity index (χ2v) is 6.04. The second kappa shape index (κ2) is 6.62. The molecular weight excluding hydrogens is 382 g/mol. The highest BCUT2D eigenvalue weighted by atomic mass is 79.9. The third-order valence-corrected chi connectivity index (χ3v) is 4.26. The number of aromatic carboxylic acids is 1. The molecule has 0 radical (unpaired) electrons. The van der Waals surface area contributed by atoms with Crippen molar-refractivity contribution in [3.63, 3.8) is 0 Å². The molecule has 1 aliphatic heterocycles. The second-order valence-electron chi connectivity index (χ2n) is 5.29. The van der Waals surface area contributed by atoms with E-state index in [-0.39, 0.29) is 35.2 Å². The van der Waals surface area contributed by atoms with E-state index >= 15 is 0 Å². The maximum Gasteiger partial charge on any atom is 0.413 e. The van der Waals surface area contributed by atoms with Gasteiger partial charge in [0.2, 0.25) is 0 Å². The number of amides is 1. The smallest absolute Gasteiger partial charge is 0.413 e. The lowest BCUT2D eigenvalue weighted by Crippen LogP contribution is -2.30. The van der Waals surface area contributed by atoms with Crippen molar-refractivity contribution < 1.29 is 24.5 Å². The van der Waals surface area contributed by atoms with Crippen LogP contribution in [0.4, 0.5) is 10.6 Å². The van der Waals surface area contributed by atoms with E-state index in [0.717, 1.165) is 10.5 Å². The van der Waals surface area contributed by atoms with Crippen molar-refractivity contribution in [1.82, 2.24) is 9.78 Å². The van der Waals surface area contributed by atoms with E-state index in [1.54, 1.807) is 0 Å². The fraction of sp³-hybridized carbons (Fsp3) is 0.267. The first kappa shape index (κ1) is 16.5. The van der Waals surface area contributed by atoms with Crippen LogP contribution in [0.5, 0.6) is 0 Å². The summed E-state index contributed by atoms with van der Waals surface area (Å²) in [6.45, 7) is 0.701. The van der Waals surface area contributed by atoms with Gasteiger partial charge in [0.05, 0.1) is 25.8 Å². The normalized spacial score (nSPS) is 16.2. The van der Waals surface area contributed by atoms with Gasteiger partial charge < -0.3 is 14.9 Å². The van der Waals surface area contributed by atoms with Crippen molar-refractivity contribution >= 4 is 33.8 Å². The molecule has 1 atom stereocenters. The summed E-state index contributed by atoms with van der Waals surface area (Å²) in [5.41, 5.74) is 0.835. The van der Waals surface area contributed by atoms with Crippen molar-refractivity contribution in [3.05, 3.63) is 46.1 Å². The fourth-order valence-electron chi connectivity index (χ4n) is 2.65. The average Bonchev–Trinajstić information content (AvgIpc) is 3.04. The Bertz CT molecular complexity index is 777. The van der Waals surface area contributed by atoms with Crippen LogP contribution in [0.2, 0.25) is 0 Å². The molecule has 0 unspecified atom stereocenters. The molecule has 1 amide bonds. The first-order chi connectivity index (χ1) is 11.5. The number of carboxylic acids is 1. The summed E-state index contributed by atoms with van der Waals surface area (Å²) in [5.74, 6) is -1.18. The van der Waals surface area contributed by atoms with Crippen molar-refractivity contribution in [2.75, 3.05) is 18.1 Å². The number of ether oxygens (including phenoxy) is 1. The average molecular weight is 396 g/mol. The van der Waals surface area contributed by atoms with E-state index in [9.17, 15) is 19.8 Å². The van der Waals surface area contributed by atoms with Gasteiger partial charge in [-0.15, -0.1) is 0 Å². The summed E-state index contributed by atoms with van der Waals surface area (Å²) >= 11 is 3.08. The molecule has 2 N–H and O–H groups in total. The van der Waals surface area contributed by atoms with Gasteiger partial charge in [-0.05, 0) is 21.5 Å². The van der Waals surface area contributed by atoms with Crippen LogP contribution in [-0.4, -0.2) is 45.2 Å². The molecule has 1 aliphatic rings. The SMILES string of the molecule is O=C(O)c1c(Br)nn2c1N(C(=O)O)C[C@H]2COCc1ccccc1.